The molecule has 0 radical (unpaired) electrons. The first-order valence-electron chi connectivity index (χ1n) is 4.57. The zero-order valence-corrected chi connectivity index (χ0v) is 7.06. The molecule has 0 aromatic rings. The quantitative estimate of drug-likeness (QED) is 0.466. The molecule has 1 spiro atoms. The Kier molecular flexibility index (Phi) is 1.81. The second-order valence-corrected chi connectivity index (χ2v) is 3.79. The first kappa shape index (κ1) is 8.01. The third-order valence-electron chi connectivity index (χ3n) is 2.94. The lowest BCUT2D eigenvalue weighted by Crippen LogP contribution is -3.15. The molecule has 2 N–H and O–H groups in total. The molecular weight excluding hydrogens is 156 g/mol. The maximum Gasteiger partial charge on any atom is 0.280 e. The van der Waals surface area contributed by atoms with E-state index in [4.69, 9.17) is 0 Å². The number of nitrogens with one attached hydrogen (secondary N) is 2. The van der Waals surface area contributed by atoms with Crippen LogP contribution in [-0.2, 0) is 4.79 Å². The fraction of sp³-hybridized carbons (Fsp3) is 0.875. The summed E-state index contributed by atoms with van der Waals surface area (Å²) in [7, 11) is 0. The van der Waals surface area contributed by atoms with Gasteiger partial charge in [-0.2, -0.15) is 0 Å². The molecule has 2 aliphatic rings. The lowest BCUT2D eigenvalue weighted by atomic mass is 9.89. The van der Waals surface area contributed by atoms with Crippen molar-refractivity contribution in [2.24, 2.45) is 0 Å². The number of hydrogen-bond acceptors (Lipinski definition) is 2. The smallest absolute Gasteiger partial charge is 0.280 e. The zero-order chi connectivity index (χ0) is 8.60. The largest absolute Gasteiger partial charge is 0.632 e. The first-order valence-corrected chi connectivity index (χ1v) is 4.57. The van der Waals surface area contributed by atoms with Gasteiger partial charge < -0.3 is 10.3 Å². The monoisotopic (exact) mass is 170 g/mol. The van der Waals surface area contributed by atoms with Crippen LogP contribution in [0.2, 0.25) is 0 Å². The molecule has 4 heteroatoms. The van der Waals surface area contributed by atoms with E-state index in [1.807, 2.05) is 0 Å². The molecule has 1 aliphatic carbocycles. The van der Waals surface area contributed by atoms with Gasteiger partial charge in [-0.3, -0.25) is 10.1 Å². The van der Waals surface area contributed by atoms with Crippen LogP contribution in [0, 0.1) is 5.21 Å². The molecule has 2 rings (SSSR count). The van der Waals surface area contributed by atoms with Crippen LogP contribution >= 0.6 is 0 Å². The van der Waals surface area contributed by atoms with Crippen molar-refractivity contribution in [3.63, 3.8) is 0 Å². The summed E-state index contributed by atoms with van der Waals surface area (Å²) < 4.78 is 0. The lowest BCUT2D eigenvalue weighted by Gasteiger charge is -2.39. The van der Waals surface area contributed by atoms with E-state index in [9.17, 15) is 10.0 Å². The molecule has 1 aliphatic heterocycles. The van der Waals surface area contributed by atoms with Crippen LogP contribution in [0.3, 0.4) is 0 Å². The fourth-order valence-corrected chi connectivity index (χ4v) is 2.25. The van der Waals surface area contributed by atoms with Crippen LogP contribution in [-0.4, -0.2) is 18.1 Å². The standard InChI is InChI=1S/C8H14N2O2/c11-7-6-10(12)8(9-7)4-2-1-3-5-8/h10H,1-6H2,(H,9,11). The molecule has 1 saturated carbocycles. The van der Waals surface area contributed by atoms with Crippen molar-refractivity contribution in [1.29, 1.82) is 0 Å². The Hall–Kier alpha value is -0.610. The van der Waals surface area contributed by atoms with Crippen molar-refractivity contribution in [3.05, 3.63) is 5.21 Å². The first-order chi connectivity index (χ1) is 5.73. The second kappa shape index (κ2) is 2.71. The predicted molar refractivity (Wildman–Crippen MR) is 43.2 cm³/mol. The molecule has 1 heterocycles. The van der Waals surface area contributed by atoms with E-state index in [0.717, 1.165) is 25.7 Å². The zero-order valence-electron chi connectivity index (χ0n) is 7.06. The molecule has 2 fully saturated rings. The summed E-state index contributed by atoms with van der Waals surface area (Å²) in [6.45, 7) is 0.111. The number of hydroxylamine groups is 2. The van der Waals surface area contributed by atoms with Gasteiger partial charge in [-0.15, -0.1) is 0 Å². The Labute approximate surface area is 71.5 Å². The topological polar surface area (TPSA) is 56.6 Å². The second-order valence-electron chi connectivity index (χ2n) is 3.79. The minimum Gasteiger partial charge on any atom is -0.632 e. The molecule has 1 atom stereocenters. The van der Waals surface area contributed by atoms with Gasteiger partial charge in [-0.05, 0) is 12.8 Å². The number of hydrogen-bond donors (Lipinski definition) is 2. The van der Waals surface area contributed by atoms with Gasteiger partial charge in [0.2, 0.25) is 0 Å². The van der Waals surface area contributed by atoms with Crippen LogP contribution in [0.1, 0.15) is 32.1 Å². The Morgan fingerprint density at radius 2 is 2.00 bits per heavy atom. The maximum atomic E-state index is 11.5. The minimum absolute atomic E-state index is 0.0816. The molecule has 1 unspecified atom stereocenters. The van der Waals surface area contributed by atoms with Crippen LogP contribution in [0.15, 0.2) is 0 Å². The van der Waals surface area contributed by atoms with Gasteiger partial charge in [0.25, 0.3) is 5.91 Å². The lowest BCUT2D eigenvalue weighted by molar-refractivity contribution is -0.892. The summed E-state index contributed by atoms with van der Waals surface area (Å²) in [4.78, 5) is 11.0. The van der Waals surface area contributed by atoms with Crippen LogP contribution in [0.4, 0.5) is 0 Å². The SMILES string of the molecule is O=C1C[NH+]([O-])C2(CCCCC2)N1. The molecule has 68 valence electrons. The van der Waals surface area contributed by atoms with Crippen LogP contribution in [0.25, 0.3) is 0 Å². The highest BCUT2D eigenvalue weighted by Crippen LogP contribution is 2.24. The summed E-state index contributed by atoms with van der Waals surface area (Å²) in [6, 6.07) is 0. The number of amides is 1. The van der Waals surface area contributed by atoms with E-state index in [1.54, 1.807) is 0 Å². The normalized spacial score (nSPS) is 33.8. The van der Waals surface area contributed by atoms with Gasteiger partial charge >= 0.3 is 0 Å². The minimum atomic E-state index is -0.435. The highest BCUT2D eigenvalue weighted by molar-refractivity contribution is 5.79. The van der Waals surface area contributed by atoms with Crippen molar-refractivity contribution in [2.75, 3.05) is 6.54 Å². The van der Waals surface area contributed by atoms with E-state index < -0.39 is 5.66 Å². The van der Waals surface area contributed by atoms with Crippen molar-refractivity contribution < 1.29 is 9.86 Å². The summed E-state index contributed by atoms with van der Waals surface area (Å²) in [5.74, 6) is -0.0816. The van der Waals surface area contributed by atoms with Gasteiger partial charge in [-0.25, -0.2) is 0 Å². The van der Waals surface area contributed by atoms with E-state index >= 15 is 0 Å². The Morgan fingerprint density at radius 1 is 1.33 bits per heavy atom. The highest BCUT2D eigenvalue weighted by atomic mass is 16.5. The summed E-state index contributed by atoms with van der Waals surface area (Å²) in [6.07, 6.45) is 5.07. The predicted octanol–water partition coefficient (Wildman–Crippen LogP) is -0.841. The van der Waals surface area contributed by atoms with Gasteiger partial charge in [-0.1, -0.05) is 6.42 Å². The molecule has 1 saturated heterocycles. The molecule has 0 aromatic heterocycles. The summed E-state index contributed by atoms with van der Waals surface area (Å²) >= 11 is 0. The van der Waals surface area contributed by atoms with Crippen molar-refractivity contribution >= 4 is 5.91 Å². The molecule has 0 bridgehead atoms. The third kappa shape index (κ3) is 1.11. The van der Waals surface area contributed by atoms with E-state index in [0.29, 0.717) is 0 Å². The fourth-order valence-electron chi connectivity index (χ4n) is 2.25. The van der Waals surface area contributed by atoms with Gasteiger partial charge in [0.1, 0.15) is 0 Å². The van der Waals surface area contributed by atoms with Gasteiger partial charge in [0, 0.05) is 12.8 Å². The van der Waals surface area contributed by atoms with Gasteiger partial charge in [0.05, 0.1) is 0 Å². The van der Waals surface area contributed by atoms with E-state index in [1.165, 1.54) is 6.42 Å². The molecule has 1 amide bonds. The summed E-state index contributed by atoms with van der Waals surface area (Å²) in [5.41, 5.74) is -0.435. The molecular formula is C8H14N2O2. The number of rotatable bonds is 0. The third-order valence-corrected chi connectivity index (χ3v) is 2.94. The average Bonchev–Trinajstić information content (AvgIpc) is 2.29. The Bertz CT molecular complexity index is 199. The number of quaternary nitrogens is 1. The molecule has 12 heavy (non-hydrogen) atoms. The molecule has 4 nitrogen and oxygen atoms in total. The average molecular weight is 170 g/mol. The van der Waals surface area contributed by atoms with E-state index in [-0.39, 0.29) is 17.5 Å². The number of carbonyl (C=O) groups excluding carboxylic acids is 1. The van der Waals surface area contributed by atoms with Crippen molar-refractivity contribution in [3.8, 4) is 0 Å². The van der Waals surface area contributed by atoms with Crippen molar-refractivity contribution in [2.45, 2.75) is 37.8 Å². The van der Waals surface area contributed by atoms with Crippen molar-refractivity contribution in [1.82, 2.24) is 5.32 Å². The van der Waals surface area contributed by atoms with Gasteiger partial charge in [0.15, 0.2) is 12.2 Å². The maximum absolute atomic E-state index is 11.5. The number of carbonyl (C=O) groups is 1. The Balaban J connectivity index is 2.13. The Morgan fingerprint density at radius 3 is 2.50 bits per heavy atom. The highest BCUT2D eigenvalue weighted by Gasteiger charge is 2.45. The summed E-state index contributed by atoms with van der Waals surface area (Å²) in [5, 5.41) is 14.4. The molecule has 0 aromatic carbocycles. The van der Waals surface area contributed by atoms with Crippen LogP contribution in [0.5, 0.6) is 0 Å². The van der Waals surface area contributed by atoms with Crippen LogP contribution < -0.4 is 10.4 Å². The van der Waals surface area contributed by atoms with E-state index in [2.05, 4.69) is 5.32 Å².